The molecule has 1 unspecified atom stereocenters. The van der Waals surface area contributed by atoms with E-state index < -0.39 is 0 Å². The molecule has 1 rings (SSSR count). The Bertz CT molecular complexity index is 421. The van der Waals surface area contributed by atoms with Crippen molar-refractivity contribution in [3.63, 3.8) is 0 Å². The molecule has 1 amide bonds. The maximum absolute atomic E-state index is 11.9. The summed E-state index contributed by atoms with van der Waals surface area (Å²) < 4.78 is 10.3. The van der Waals surface area contributed by atoms with Crippen molar-refractivity contribution in [2.75, 3.05) is 20.8 Å². The third-order valence-electron chi connectivity index (χ3n) is 2.71. The van der Waals surface area contributed by atoms with E-state index in [-0.39, 0.29) is 5.91 Å². The van der Waals surface area contributed by atoms with Gasteiger partial charge in [0.2, 0.25) is 0 Å². The lowest BCUT2D eigenvalue weighted by atomic mass is 10.2. The third kappa shape index (κ3) is 5.11. The molecule has 0 radical (unpaired) electrons. The number of rotatable bonds is 7. The van der Waals surface area contributed by atoms with E-state index in [1.54, 1.807) is 32.4 Å². The molecule has 106 valence electrons. The maximum atomic E-state index is 11.9. The van der Waals surface area contributed by atoms with Crippen molar-refractivity contribution in [2.45, 2.75) is 24.6 Å². The van der Waals surface area contributed by atoms with Gasteiger partial charge in [0.1, 0.15) is 0 Å². The summed E-state index contributed by atoms with van der Waals surface area (Å²) in [5.41, 5.74) is 0.574. The van der Waals surface area contributed by atoms with Crippen LogP contribution in [0.1, 0.15) is 30.1 Å². The first-order valence-corrected chi connectivity index (χ1v) is 7.14. The number of nitrogens with one attached hydrogen (secondary N) is 1. The summed E-state index contributed by atoms with van der Waals surface area (Å²) in [5, 5.41) is 2.89. The summed E-state index contributed by atoms with van der Waals surface area (Å²) in [6.07, 6.45) is 1.98. The number of hydrogen-bond donors (Lipinski definition) is 1. The van der Waals surface area contributed by atoms with Gasteiger partial charge in [-0.1, -0.05) is 22.9 Å². The SMILES string of the molecule is COc1ccc(C(=O)NCCCC(C)Br)cc1OC. The molecule has 0 heterocycles. The molecule has 0 aromatic heterocycles. The molecule has 0 aliphatic carbocycles. The lowest BCUT2D eigenvalue weighted by Crippen LogP contribution is -2.24. The van der Waals surface area contributed by atoms with E-state index >= 15 is 0 Å². The molecule has 0 saturated heterocycles. The van der Waals surface area contributed by atoms with Gasteiger partial charge in [-0.25, -0.2) is 0 Å². The van der Waals surface area contributed by atoms with Gasteiger partial charge >= 0.3 is 0 Å². The molecule has 1 aromatic rings. The van der Waals surface area contributed by atoms with Crippen molar-refractivity contribution in [1.82, 2.24) is 5.32 Å². The molecular weight excluding hydrogens is 310 g/mol. The van der Waals surface area contributed by atoms with Crippen LogP contribution in [0.4, 0.5) is 0 Å². The molecule has 4 nitrogen and oxygen atoms in total. The second kappa shape index (κ2) is 8.04. The highest BCUT2D eigenvalue weighted by Gasteiger charge is 2.10. The fourth-order valence-corrected chi connectivity index (χ4v) is 1.99. The monoisotopic (exact) mass is 329 g/mol. The van der Waals surface area contributed by atoms with Crippen LogP contribution in [0.3, 0.4) is 0 Å². The summed E-state index contributed by atoms with van der Waals surface area (Å²) in [5.74, 6) is 1.08. The van der Waals surface area contributed by atoms with Gasteiger partial charge in [-0.05, 0) is 31.0 Å². The number of alkyl halides is 1. The van der Waals surface area contributed by atoms with Crippen LogP contribution in [0.25, 0.3) is 0 Å². The van der Waals surface area contributed by atoms with Gasteiger partial charge in [0, 0.05) is 16.9 Å². The highest BCUT2D eigenvalue weighted by Crippen LogP contribution is 2.27. The zero-order chi connectivity index (χ0) is 14.3. The molecule has 1 N–H and O–H groups in total. The Balaban J connectivity index is 2.57. The molecule has 0 fully saturated rings. The van der Waals surface area contributed by atoms with Crippen molar-refractivity contribution < 1.29 is 14.3 Å². The number of hydrogen-bond acceptors (Lipinski definition) is 3. The Kier molecular flexibility index (Phi) is 6.70. The fraction of sp³-hybridized carbons (Fsp3) is 0.500. The Hall–Kier alpha value is -1.23. The third-order valence-corrected chi connectivity index (χ3v) is 3.17. The molecule has 0 bridgehead atoms. The normalized spacial score (nSPS) is 11.8. The first-order valence-electron chi connectivity index (χ1n) is 6.22. The van der Waals surface area contributed by atoms with Gasteiger partial charge < -0.3 is 14.8 Å². The number of amides is 1. The number of carbonyl (C=O) groups is 1. The average molecular weight is 330 g/mol. The highest BCUT2D eigenvalue weighted by atomic mass is 79.9. The number of carbonyl (C=O) groups excluding carboxylic acids is 1. The van der Waals surface area contributed by atoms with Gasteiger partial charge in [-0.3, -0.25) is 4.79 Å². The van der Waals surface area contributed by atoms with Crippen molar-refractivity contribution >= 4 is 21.8 Å². The summed E-state index contributed by atoms with van der Waals surface area (Å²) in [7, 11) is 3.12. The van der Waals surface area contributed by atoms with Crippen LogP contribution in [0, 0.1) is 0 Å². The minimum atomic E-state index is -0.0943. The average Bonchev–Trinajstić information content (AvgIpc) is 2.42. The molecule has 1 atom stereocenters. The second-order valence-electron chi connectivity index (χ2n) is 4.25. The molecule has 0 aliphatic rings. The second-order valence-corrected chi connectivity index (χ2v) is 5.81. The van der Waals surface area contributed by atoms with Crippen molar-refractivity contribution in [3.05, 3.63) is 23.8 Å². The van der Waals surface area contributed by atoms with E-state index in [4.69, 9.17) is 9.47 Å². The van der Waals surface area contributed by atoms with Crippen LogP contribution in [0.5, 0.6) is 11.5 Å². The van der Waals surface area contributed by atoms with Crippen molar-refractivity contribution in [2.24, 2.45) is 0 Å². The zero-order valence-corrected chi connectivity index (χ0v) is 13.1. The van der Waals surface area contributed by atoms with E-state index in [2.05, 4.69) is 28.2 Å². The number of benzene rings is 1. The maximum Gasteiger partial charge on any atom is 0.251 e. The van der Waals surface area contributed by atoms with E-state index in [1.165, 1.54) is 0 Å². The molecule has 1 aromatic carbocycles. The fourth-order valence-electron chi connectivity index (χ4n) is 1.66. The molecule has 0 aliphatic heterocycles. The molecule has 5 heteroatoms. The van der Waals surface area contributed by atoms with Crippen molar-refractivity contribution in [3.8, 4) is 11.5 Å². The molecule has 19 heavy (non-hydrogen) atoms. The summed E-state index contributed by atoms with van der Waals surface area (Å²) in [6.45, 7) is 2.76. The van der Waals surface area contributed by atoms with Crippen LogP contribution in [-0.4, -0.2) is 31.5 Å². The Morgan fingerprint density at radius 2 is 2.00 bits per heavy atom. The van der Waals surface area contributed by atoms with Gasteiger partial charge in [0.05, 0.1) is 14.2 Å². The van der Waals surface area contributed by atoms with Gasteiger partial charge in [-0.2, -0.15) is 0 Å². The molecular formula is C14H20BrNO3. The summed E-state index contributed by atoms with van der Waals surface area (Å²) in [6, 6.07) is 5.14. The predicted molar refractivity (Wildman–Crippen MR) is 79.5 cm³/mol. The van der Waals surface area contributed by atoms with Crippen LogP contribution in [0.15, 0.2) is 18.2 Å². The first kappa shape index (κ1) is 15.8. The topological polar surface area (TPSA) is 47.6 Å². The lowest BCUT2D eigenvalue weighted by molar-refractivity contribution is 0.0952. The number of halogens is 1. The first-order chi connectivity index (χ1) is 9.08. The minimum Gasteiger partial charge on any atom is -0.493 e. The van der Waals surface area contributed by atoms with E-state index in [1.807, 2.05) is 0 Å². The van der Waals surface area contributed by atoms with Crippen LogP contribution >= 0.6 is 15.9 Å². The van der Waals surface area contributed by atoms with Crippen molar-refractivity contribution in [1.29, 1.82) is 0 Å². The largest absolute Gasteiger partial charge is 0.493 e. The highest BCUT2D eigenvalue weighted by molar-refractivity contribution is 9.09. The predicted octanol–water partition coefficient (Wildman–Crippen LogP) is 3.00. The van der Waals surface area contributed by atoms with Gasteiger partial charge in [0.15, 0.2) is 11.5 Å². The Morgan fingerprint density at radius 3 is 2.58 bits per heavy atom. The van der Waals surface area contributed by atoms with Crippen LogP contribution in [-0.2, 0) is 0 Å². The van der Waals surface area contributed by atoms with Crippen LogP contribution in [0.2, 0.25) is 0 Å². The van der Waals surface area contributed by atoms with Gasteiger partial charge in [-0.15, -0.1) is 0 Å². The smallest absolute Gasteiger partial charge is 0.251 e. The Morgan fingerprint density at radius 1 is 1.32 bits per heavy atom. The number of ether oxygens (including phenoxy) is 2. The molecule has 0 saturated carbocycles. The van der Waals surface area contributed by atoms with E-state index in [0.29, 0.717) is 28.4 Å². The van der Waals surface area contributed by atoms with E-state index in [0.717, 1.165) is 12.8 Å². The minimum absolute atomic E-state index is 0.0943. The molecule has 0 spiro atoms. The quantitative estimate of drug-likeness (QED) is 0.618. The lowest BCUT2D eigenvalue weighted by Gasteiger charge is -2.10. The van der Waals surface area contributed by atoms with Crippen LogP contribution < -0.4 is 14.8 Å². The Labute approximate surface area is 122 Å². The summed E-state index contributed by atoms with van der Waals surface area (Å²) in [4.78, 5) is 12.4. The summed E-state index contributed by atoms with van der Waals surface area (Å²) >= 11 is 3.48. The zero-order valence-electron chi connectivity index (χ0n) is 11.5. The number of methoxy groups -OCH3 is 2. The standard InChI is InChI=1S/C14H20BrNO3/c1-10(15)5-4-8-16-14(17)11-6-7-12(18-2)13(9-11)19-3/h6-7,9-10H,4-5,8H2,1-3H3,(H,16,17). The van der Waals surface area contributed by atoms with Gasteiger partial charge in [0.25, 0.3) is 5.91 Å². The van der Waals surface area contributed by atoms with E-state index in [9.17, 15) is 4.79 Å².